The van der Waals surface area contributed by atoms with Crippen LogP contribution in [0.4, 0.5) is 5.69 Å². The van der Waals surface area contributed by atoms with E-state index in [9.17, 15) is 4.79 Å². The monoisotopic (exact) mass is 257 g/mol. The molecule has 1 heterocycles. The number of hydrogen-bond acceptors (Lipinski definition) is 3. The Labute approximate surface area is 112 Å². The smallest absolute Gasteiger partial charge is 0.317 e. The molecule has 98 valence electrons. The van der Waals surface area contributed by atoms with Crippen LogP contribution in [0.5, 0.6) is 0 Å². The summed E-state index contributed by atoms with van der Waals surface area (Å²) < 4.78 is 7.07. The molecule has 1 aromatic heterocycles. The van der Waals surface area contributed by atoms with Gasteiger partial charge in [0.1, 0.15) is 0 Å². The standard InChI is InChI=1S/C15H17N2O2/c1-12(13-5-7-14(16)8-6-13)15(18)19-11-17-9-3-2-4-10-17/h2-10,12H,11,16H2,1H3/q+1. The molecule has 4 nitrogen and oxygen atoms in total. The van der Waals surface area contributed by atoms with Crippen LogP contribution in [0.25, 0.3) is 0 Å². The topological polar surface area (TPSA) is 56.2 Å². The van der Waals surface area contributed by atoms with Crippen molar-refractivity contribution in [3.63, 3.8) is 0 Å². The Bertz CT molecular complexity index is 538. The Balaban J connectivity index is 1.94. The van der Waals surface area contributed by atoms with Gasteiger partial charge in [-0.05, 0) is 24.6 Å². The average Bonchev–Trinajstić information content (AvgIpc) is 2.46. The van der Waals surface area contributed by atoms with Gasteiger partial charge in [0.25, 0.3) is 6.73 Å². The quantitative estimate of drug-likeness (QED) is 0.517. The van der Waals surface area contributed by atoms with Crippen molar-refractivity contribution in [1.82, 2.24) is 0 Å². The van der Waals surface area contributed by atoms with Crippen LogP contribution < -0.4 is 10.3 Å². The molecular weight excluding hydrogens is 240 g/mol. The molecule has 0 spiro atoms. The van der Waals surface area contributed by atoms with Crippen molar-refractivity contribution in [2.75, 3.05) is 5.73 Å². The van der Waals surface area contributed by atoms with E-state index in [1.54, 1.807) is 16.7 Å². The number of esters is 1. The van der Waals surface area contributed by atoms with Crippen LogP contribution in [-0.4, -0.2) is 5.97 Å². The van der Waals surface area contributed by atoms with Gasteiger partial charge < -0.3 is 10.5 Å². The highest BCUT2D eigenvalue weighted by atomic mass is 16.5. The molecule has 1 atom stereocenters. The lowest BCUT2D eigenvalue weighted by atomic mass is 10.0. The Hall–Kier alpha value is -2.36. The second-order valence-corrected chi connectivity index (χ2v) is 4.37. The van der Waals surface area contributed by atoms with Crippen LogP contribution >= 0.6 is 0 Å². The number of ether oxygens (including phenoxy) is 1. The van der Waals surface area contributed by atoms with Crippen LogP contribution in [0.3, 0.4) is 0 Å². The minimum absolute atomic E-state index is 0.221. The summed E-state index contributed by atoms with van der Waals surface area (Å²) in [6.07, 6.45) is 3.70. The van der Waals surface area contributed by atoms with Crippen molar-refractivity contribution in [2.24, 2.45) is 0 Å². The van der Waals surface area contributed by atoms with Crippen LogP contribution in [0.15, 0.2) is 54.9 Å². The first-order valence-electron chi connectivity index (χ1n) is 6.13. The summed E-state index contributed by atoms with van der Waals surface area (Å²) in [6, 6.07) is 12.9. The number of nitrogen functional groups attached to an aromatic ring is 1. The zero-order valence-corrected chi connectivity index (χ0v) is 10.8. The molecule has 0 radical (unpaired) electrons. The molecule has 2 aromatic rings. The maximum absolute atomic E-state index is 11.9. The first kappa shape index (κ1) is 13.1. The third-order valence-electron chi connectivity index (χ3n) is 2.92. The van der Waals surface area contributed by atoms with E-state index in [1.165, 1.54) is 0 Å². The zero-order chi connectivity index (χ0) is 13.7. The molecule has 0 aliphatic carbocycles. The molecule has 0 fully saturated rings. The number of nitrogens with zero attached hydrogens (tertiary/aromatic N) is 1. The number of nitrogens with two attached hydrogens (primary N) is 1. The molecule has 2 rings (SSSR count). The number of carbonyl (C=O) groups excluding carboxylic acids is 1. The van der Waals surface area contributed by atoms with Gasteiger partial charge in [-0.25, -0.2) is 0 Å². The minimum atomic E-state index is -0.301. The fourth-order valence-corrected chi connectivity index (χ4v) is 1.70. The number of anilines is 1. The summed E-state index contributed by atoms with van der Waals surface area (Å²) >= 11 is 0. The van der Waals surface area contributed by atoms with Crippen molar-refractivity contribution in [3.05, 3.63) is 60.4 Å². The maximum atomic E-state index is 11.9. The fourth-order valence-electron chi connectivity index (χ4n) is 1.70. The minimum Gasteiger partial charge on any atom is -0.404 e. The van der Waals surface area contributed by atoms with E-state index in [4.69, 9.17) is 10.5 Å². The van der Waals surface area contributed by atoms with Gasteiger partial charge in [-0.2, -0.15) is 4.57 Å². The second kappa shape index (κ2) is 6.00. The largest absolute Gasteiger partial charge is 0.404 e. The number of pyridine rings is 1. The van der Waals surface area contributed by atoms with Crippen molar-refractivity contribution < 1.29 is 14.1 Å². The molecule has 0 aliphatic heterocycles. The molecule has 0 aliphatic rings. The highest BCUT2D eigenvalue weighted by Gasteiger charge is 2.17. The van der Waals surface area contributed by atoms with Crippen molar-refractivity contribution in [1.29, 1.82) is 0 Å². The van der Waals surface area contributed by atoms with E-state index in [0.717, 1.165) is 5.56 Å². The number of benzene rings is 1. The SMILES string of the molecule is CC(C(=O)OC[n+]1ccccc1)c1ccc(N)cc1. The van der Waals surface area contributed by atoms with Crippen molar-refractivity contribution >= 4 is 11.7 Å². The Morgan fingerprint density at radius 2 is 1.84 bits per heavy atom. The molecule has 2 N–H and O–H groups in total. The van der Waals surface area contributed by atoms with Crippen molar-refractivity contribution in [2.45, 2.75) is 19.6 Å². The van der Waals surface area contributed by atoms with E-state index in [2.05, 4.69) is 0 Å². The summed E-state index contributed by atoms with van der Waals surface area (Å²) in [5.41, 5.74) is 7.20. The normalized spacial score (nSPS) is 11.8. The average molecular weight is 257 g/mol. The molecule has 0 bridgehead atoms. The van der Waals surface area contributed by atoms with Crippen LogP contribution in [0.2, 0.25) is 0 Å². The van der Waals surface area contributed by atoms with Gasteiger partial charge in [0.2, 0.25) is 0 Å². The number of hydrogen-bond donors (Lipinski definition) is 1. The highest BCUT2D eigenvalue weighted by molar-refractivity contribution is 5.77. The van der Waals surface area contributed by atoms with Gasteiger partial charge in [0, 0.05) is 17.8 Å². The molecule has 1 aromatic carbocycles. The molecule has 0 saturated carbocycles. The van der Waals surface area contributed by atoms with E-state index in [0.29, 0.717) is 5.69 Å². The summed E-state index contributed by atoms with van der Waals surface area (Å²) in [6.45, 7) is 2.04. The van der Waals surface area contributed by atoms with E-state index >= 15 is 0 Å². The lowest BCUT2D eigenvalue weighted by Crippen LogP contribution is -2.35. The Morgan fingerprint density at radius 3 is 2.47 bits per heavy atom. The van der Waals surface area contributed by atoms with Gasteiger partial charge in [0.15, 0.2) is 12.4 Å². The predicted molar refractivity (Wildman–Crippen MR) is 72.0 cm³/mol. The third-order valence-corrected chi connectivity index (χ3v) is 2.92. The summed E-state index contributed by atoms with van der Waals surface area (Å²) in [5.74, 6) is -0.550. The number of aromatic nitrogens is 1. The first-order valence-corrected chi connectivity index (χ1v) is 6.13. The summed E-state index contributed by atoms with van der Waals surface area (Å²) in [5, 5.41) is 0. The molecule has 4 heteroatoms. The molecular formula is C15H17N2O2+. The van der Waals surface area contributed by atoms with Gasteiger partial charge >= 0.3 is 5.97 Å². The molecule has 1 unspecified atom stereocenters. The van der Waals surface area contributed by atoms with Crippen LogP contribution in [0, 0.1) is 0 Å². The van der Waals surface area contributed by atoms with Crippen LogP contribution in [-0.2, 0) is 16.3 Å². The Kier molecular flexibility index (Phi) is 4.13. The molecule has 19 heavy (non-hydrogen) atoms. The lowest BCUT2D eigenvalue weighted by Gasteiger charge is -2.10. The van der Waals surface area contributed by atoms with E-state index < -0.39 is 0 Å². The Morgan fingerprint density at radius 1 is 1.21 bits per heavy atom. The predicted octanol–water partition coefficient (Wildman–Crippen LogP) is 1.86. The first-order chi connectivity index (χ1) is 9.16. The third kappa shape index (κ3) is 3.55. The number of rotatable bonds is 4. The van der Waals surface area contributed by atoms with Gasteiger partial charge in [-0.1, -0.05) is 18.2 Å². The highest BCUT2D eigenvalue weighted by Crippen LogP contribution is 2.18. The van der Waals surface area contributed by atoms with E-state index in [-0.39, 0.29) is 18.6 Å². The lowest BCUT2D eigenvalue weighted by molar-refractivity contribution is -0.727. The van der Waals surface area contributed by atoms with Gasteiger partial charge in [-0.3, -0.25) is 4.79 Å². The van der Waals surface area contributed by atoms with Crippen molar-refractivity contribution in [3.8, 4) is 0 Å². The van der Waals surface area contributed by atoms with Gasteiger partial charge in [-0.15, -0.1) is 0 Å². The summed E-state index contributed by atoms with van der Waals surface area (Å²) in [4.78, 5) is 11.9. The molecule has 0 saturated heterocycles. The zero-order valence-electron chi connectivity index (χ0n) is 10.8. The van der Waals surface area contributed by atoms with Gasteiger partial charge in [0.05, 0.1) is 5.92 Å². The van der Waals surface area contributed by atoms with Crippen LogP contribution in [0.1, 0.15) is 18.4 Å². The van der Waals surface area contributed by atoms with E-state index in [1.807, 2.05) is 49.6 Å². The maximum Gasteiger partial charge on any atom is 0.317 e. The second-order valence-electron chi connectivity index (χ2n) is 4.37. The fraction of sp³-hybridized carbons (Fsp3) is 0.200. The number of carbonyl (C=O) groups is 1. The summed E-state index contributed by atoms with van der Waals surface area (Å²) in [7, 11) is 0. The molecule has 0 amide bonds.